The summed E-state index contributed by atoms with van der Waals surface area (Å²) in [6, 6.07) is 4.32. The average molecular weight is 332 g/mol. The highest BCUT2D eigenvalue weighted by Gasteiger charge is 2.26. The molecule has 2 aromatic rings. The molecule has 2 N–H and O–H groups in total. The normalized spacial score (nSPS) is 16.6. The van der Waals surface area contributed by atoms with E-state index < -0.39 is 28.8 Å². The molecule has 1 unspecified atom stereocenters. The lowest BCUT2D eigenvalue weighted by molar-refractivity contribution is 0.0952. The van der Waals surface area contributed by atoms with E-state index in [9.17, 15) is 23.2 Å². The minimum atomic E-state index is -0.977. The van der Waals surface area contributed by atoms with E-state index >= 15 is 0 Å². The molecule has 1 amide bonds. The van der Waals surface area contributed by atoms with Crippen LogP contribution in [-0.4, -0.2) is 16.7 Å². The van der Waals surface area contributed by atoms with Crippen LogP contribution in [0.1, 0.15) is 39.8 Å². The van der Waals surface area contributed by atoms with Gasteiger partial charge in [0.25, 0.3) is 11.5 Å². The van der Waals surface area contributed by atoms with Gasteiger partial charge in [-0.1, -0.05) is 13.0 Å². The number of ketones is 1. The number of hydrogen-bond acceptors (Lipinski definition) is 3. The van der Waals surface area contributed by atoms with Crippen LogP contribution >= 0.6 is 0 Å². The molecule has 0 aliphatic heterocycles. The highest BCUT2D eigenvalue weighted by Crippen LogP contribution is 2.24. The number of carbonyl (C=O) groups excluding carboxylic acids is 2. The molecular weight excluding hydrogens is 318 g/mol. The van der Waals surface area contributed by atoms with Crippen LogP contribution < -0.4 is 10.9 Å². The van der Waals surface area contributed by atoms with Crippen LogP contribution in [-0.2, 0) is 6.42 Å². The fourth-order valence-electron chi connectivity index (χ4n) is 2.79. The Morgan fingerprint density at radius 1 is 1.21 bits per heavy atom. The van der Waals surface area contributed by atoms with E-state index in [1.54, 1.807) is 0 Å². The van der Waals surface area contributed by atoms with E-state index in [0.717, 1.165) is 18.2 Å². The van der Waals surface area contributed by atoms with Crippen molar-refractivity contribution in [2.24, 2.45) is 5.92 Å². The zero-order valence-corrected chi connectivity index (χ0v) is 12.8. The zero-order chi connectivity index (χ0) is 17.4. The summed E-state index contributed by atoms with van der Waals surface area (Å²) in [5.74, 6) is -2.96. The Balaban J connectivity index is 1.98. The molecule has 5 nitrogen and oxygen atoms in total. The number of rotatable bonds is 2. The highest BCUT2D eigenvalue weighted by molar-refractivity contribution is 6.06. The van der Waals surface area contributed by atoms with Gasteiger partial charge in [-0.2, -0.15) is 0 Å². The van der Waals surface area contributed by atoms with Gasteiger partial charge in [-0.3, -0.25) is 14.4 Å². The number of para-hydroxylation sites is 1. The molecule has 0 bridgehead atoms. The Morgan fingerprint density at radius 2 is 1.88 bits per heavy atom. The molecule has 1 aliphatic carbocycles. The summed E-state index contributed by atoms with van der Waals surface area (Å²) in [4.78, 5) is 38.9. The molecule has 0 saturated carbocycles. The van der Waals surface area contributed by atoms with Gasteiger partial charge in [0.2, 0.25) is 0 Å². The van der Waals surface area contributed by atoms with Crippen LogP contribution in [0.25, 0.3) is 0 Å². The van der Waals surface area contributed by atoms with E-state index in [2.05, 4.69) is 4.98 Å². The number of hydrogen-bond donors (Lipinski definition) is 2. The molecule has 3 rings (SSSR count). The van der Waals surface area contributed by atoms with Crippen LogP contribution in [0.4, 0.5) is 14.5 Å². The third-order valence-electron chi connectivity index (χ3n) is 3.96. The van der Waals surface area contributed by atoms with Crippen molar-refractivity contribution in [3.8, 4) is 0 Å². The zero-order valence-electron chi connectivity index (χ0n) is 12.8. The van der Waals surface area contributed by atoms with Crippen LogP contribution in [0.2, 0.25) is 0 Å². The molecule has 124 valence electrons. The highest BCUT2D eigenvalue weighted by atomic mass is 19.1. The number of aromatic amines is 1. The number of benzene rings is 1. The number of H-pyrrole nitrogens is 1. The molecule has 1 aromatic carbocycles. The third kappa shape index (κ3) is 2.84. The van der Waals surface area contributed by atoms with Crippen molar-refractivity contribution in [1.29, 1.82) is 0 Å². The van der Waals surface area contributed by atoms with E-state index in [1.807, 2.05) is 12.2 Å². The molecule has 1 aliphatic rings. The van der Waals surface area contributed by atoms with E-state index in [0.29, 0.717) is 18.5 Å². The van der Waals surface area contributed by atoms with E-state index in [-0.39, 0.29) is 22.8 Å². The lowest BCUT2D eigenvalue weighted by Crippen LogP contribution is -2.29. The second-order valence-electron chi connectivity index (χ2n) is 5.89. The summed E-state index contributed by atoms with van der Waals surface area (Å²) in [7, 11) is 0. The van der Waals surface area contributed by atoms with Crippen molar-refractivity contribution in [2.75, 3.05) is 5.32 Å². The van der Waals surface area contributed by atoms with Gasteiger partial charge in [0.1, 0.15) is 22.9 Å². The monoisotopic (exact) mass is 332 g/mol. The number of nitrogens with one attached hydrogen (secondary N) is 2. The summed E-state index contributed by atoms with van der Waals surface area (Å²) < 4.78 is 27.2. The second-order valence-corrected chi connectivity index (χ2v) is 5.89. The predicted octanol–water partition coefficient (Wildman–Crippen LogP) is 2.67. The molecular formula is C17H14F2N2O3. The summed E-state index contributed by atoms with van der Waals surface area (Å²) in [6.07, 6.45) is 0.849. The molecule has 1 aromatic heterocycles. The fourth-order valence-corrected chi connectivity index (χ4v) is 2.79. The maximum absolute atomic E-state index is 13.6. The van der Waals surface area contributed by atoms with Crippen LogP contribution in [0, 0.1) is 17.6 Å². The number of aromatic nitrogens is 1. The van der Waals surface area contributed by atoms with Gasteiger partial charge < -0.3 is 10.3 Å². The molecule has 0 fully saturated rings. The first kappa shape index (κ1) is 16.0. The second kappa shape index (κ2) is 5.99. The molecule has 0 radical (unpaired) electrons. The Bertz CT molecular complexity index is 885. The Labute approximate surface area is 135 Å². The Kier molecular flexibility index (Phi) is 4.01. The number of halogens is 2. The van der Waals surface area contributed by atoms with Crippen molar-refractivity contribution in [3.05, 3.63) is 63.1 Å². The minimum absolute atomic E-state index is 0.104. The van der Waals surface area contributed by atoms with Gasteiger partial charge in [-0.15, -0.1) is 0 Å². The van der Waals surface area contributed by atoms with Crippen molar-refractivity contribution in [2.45, 2.75) is 19.8 Å². The lowest BCUT2D eigenvalue weighted by Gasteiger charge is -2.20. The maximum atomic E-state index is 13.6. The van der Waals surface area contributed by atoms with Crippen molar-refractivity contribution >= 4 is 17.4 Å². The summed E-state index contributed by atoms with van der Waals surface area (Å²) in [6.45, 7) is 1.89. The van der Waals surface area contributed by atoms with E-state index in [4.69, 9.17) is 0 Å². The molecule has 1 atom stereocenters. The number of amides is 1. The lowest BCUT2D eigenvalue weighted by atomic mass is 9.86. The smallest absolute Gasteiger partial charge is 0.261 e. The summed E-state index contributed by atoms with van der Waals surface area (Å²) >= 11 is 0. The standard InChI is InChI=1S/C17H14F2N2O3/c1-8-5-13-9(14(22)6-8)7-10(16(23)20-13)17(24)21-15-11(18)3-2-4-12(15)19/h2-4,7-8H,5-6H2,1H3,(H,20,23)(H,21,24). The first-order chi connectivity index (χ1) is 11.4. The molecule has 24 heavy (non-hydrogen) atoms. The van der Waals surface area contributed by atoms with Crippen LogP contribution in [0.15, 0.2) is 29.1 Å². The van der Waals surface area contributed by atoms with E-state index in [1.165, 1.54) is 6.07 Å². The fraction of sp³-hybridized carbons (Fsp3) is 0.235. The first-order valence-corrected chi connectivity index (χ1v) is 7.41. The van der Waals surface area contributed by atoms with Crippen LogP contribution in [0.3, 0.4) is 0 Å². The van der Waals surface area contributed by atoms with Crippen molar-refractivity contribution in [1.82, 2.24) is 4.98 Å². The number of anilines is 1. The maximum Gasteiger partial charge on any atom is 0.261 e. The average Bonchev–Trinajstić information content (AvgIpc) is 2.50. The number of carbonyl (C=O) groups is 2. The van der Waals surface area contributed by atoms with Gasteiger partial charge in [-0.05, 0) is 30.5 Å². The number of pyridine rings is 1. The summed E-state index contributed by atoms with van der Waals surface area (Å²) in [5.41, 5.74) is -0.951. The largest absolute Gasteiger partial charge is 0.325 e. The molecule has 0 saturated heterocycles. The SMILES string of the molecule is CC1CC(=O)c2cc(C(=O)Nc3c(F)cccc3F)c(=O)[nH]c2C1. The first-order valence-electron chi connectivity index (χ1n) is 7.41. The predicted molar refractivity (Wildman–Crippen MR) is 83.2 cm³/mol. The topological polar surface area (TPSA) is 79.0 Å². The Hall–Kier alpha value is -2.83. The van der Waals surface area contributed by atoms with Gasteiger partial charge in [-0.25, -0.2) is 8.78 Å². The molecule has 1 heterocycles. The van der Waals surface area contributed by atoms with Crippen molar-refractivity contribution < 1.29 is 18.4 Å². The summed E-state index contributed by atoms with van der Waals surface area (Å²) in [5, 5.41) is 2.05. The molecule has 7 heteroatoms. The minimum Gasteiger partial charge on any atom is -0.325 e. The quantitative estimate of drug-likeness (QED) is 0.887. The number of fused-ring (bicyclic) bond motifs is 1. The van der Waals surface area contributed by atoms with Gasteiger partial charge in [0, 0.05) is 17.7 Å². The van der Waals surface area contributed by atoms with Crippen molar-refractivity contribution in [3.63, 3.8) is 0 Å². The Morgan fingerprint density at radius 3 is 2.54 bits per heavy atom. The van der Waals surface area contributed by atoms with Gasteiger partial charge >= 0.3 is 0 Å². The van der Waals surface area contributed by atoms with Gasteiger partial charge in [0.05, 0.1) is 0 Å². The number of Topliss-reactive ketones (excluding diaryl/α,β-unsaturated/α-hetero) is 1. The van der Waals surface area contributed by atoms with Gasteiger partial charge in [0.15, 0.2) is 5.78 Å². The third-order valence-corrected chi connectivity index (χ3v) is 3.96. The molecule has 0 spiro atoms. The van der Waals surface area contributed by atoms with Crippen LogP contribution in [0.5, 0.6) is 0 Å².